The molecule has 1 unspecified atom stereocenters. The average Bonchev–Trinajstić information content (AvgIpc) is 3.13. The molecule has 9 heteroatoms. The molecule has 1 N–H and O–H groups in total. The number of Topliss-reactive ketones (excluding diaryl/α,β-unsaturated/α-hetero) is 2. The lowest BCUT2D eigenvalue weighted by molar-refractivity contribution is -0.0304. The van der Waals surface area contributed by atoms with E-state index < -0.39 is 17.4 Å². The van der Waals surface area contributed by atoms with Crippen LogP contribution in [0, 0.1) is 17.7 Å². The van der Waals surface area contributed by atoms with Crippen LogP contribution in [0.4, 0.5) is 4.39 Å². The molecule has 0 aromatic heterocycles. The number of rotatable bonds is 13. The third-order valence-electron chi connectivity index (χ3n) is 9.18. The number of hydrogen-bond acceptors (Lipinski definition) is 8. The summed E-state index contributed by atoms with van der Waals surface area (Å²) in [6.07, 6.45) is 0.924. The van der Waals surface area contributed by atoms with Gasteiger partial charge in [0.25, 0.3) is 0 Å². The minimum atomic E-state index is -1.66. The number of aliphatic hydroxyl groups excluding tert-OH is 1. The summed E-state index contributed by atoms with van der Waals surface area (Å²) < 4.78 is 36.2. The van der Waals surface area contributed by atoms with E-state index in [0.717, 1.165) is 5.56 Å². The van der Waals surface area contributed by atoms with Crippen LogP contribution in [0.2, 0.25) is 0 Å². The fourth-order valence-corrected chi connectivity index (χ4v) is 6.84. The number of carbonyl (C=O) groups is 2. The number of aliphatic hydroxyl groups is 1. The van der Waals surface area contributed by atoms with Crippen molar-refractivity contribution in [2.45, 2.75) is 18.4 Å². The number of ether oxygens (including phenoxy) is 4. The highest BCUT2D eigenvalue weighted by Gasteiger charge is 2.60. The smallest absolute Gasteiger partial charge is 0.188 e. The number of benzene rings is 4. The zero-order valence-corrected chi connectivity index (χ0v) is 27.1. The first-order valence-corrected chi connectivity index (χ1v) is 15.5. The SMILES string of the molecule is COc1ccc(C(=O)[C@H]2C(CO)CCN(CCc3ccc(F)cc3)[C@]2(C(=O)c2ccc(OC)cc2)c2cccc(OC)c2OC)cc1. The summed E-state index contributed by atoms with van der Waals surface area (Å²) in [5.74, 6) is -0.732. The Kier molecular flexibility index (Phi) is 10.6. The summed E-state index contributed by atoms with van der Waals surface area (Å²) in [4.78, 5) is 32.4. The van der Waals surface area contributed by atoms with Gasteiger partial charge in [0, 0.05) is 29.8 Å². The topological polar surface area (TPSA) is 94.5 Å². The van der Waals surface area contributed by atoms with Crippen molar-refractivity contribution >= 4 is 11.6 Å². The van der Waals surface area contributed by atoms with Gasteiger partial charge in [-0.2, -0.15) is 0 Å². The van der Waals surface area contributed by atoms with Crippen molar-refractivity contribution in [1.29, 1.82) is 0 Å². The standard InChI is InChI=1S/C38H40FNO7/c1-44-30-16-10-26(11-17-30)35(42)34-28(24-41)21-23-40(22-20-25-8-14-29(39)15-9-25)38(34,32-6-5-7-33(46-3)36(32)47-4)37(43)27-12-18-31(45-2)19-13-27/h5-19,28,34,41H,20-24H2,1-4H3/t28?,34-,38-/m1/s1. The Morgan fingerprint density at radius 2 is 1.43 bits per heavy atom. The maximum absolute atomic E-state index is 15.5. The molecule has 4 aromatic carbocycles. The summed E-state index contributed by atoms with van der Waals surface area (Å²) in [6.45, 7) is 0.418. The zero-order valence-electron chi connectivity index (χ0n) is 27.1. The van der Waals surface area contributed by atoms with E-state index in [0.29, 0.717) is 65.6 Å². The van der Waals surface area contributed by atoms with Gasteiger partial charge in [-0.25, -0.2) is 4.39 Å². The van der Waals surface area contributed by atoms with Gasteiger partial charge < -0.3 is 24.1 Å². The van der Waals surface area contributed by atoms with Gasteiger partial charge in [-0.05, 0) is 97.6 Å². The lowest BCUT2D eigenvalue weighted by atomic mass is 9.61. The second-order valence-corrected chi connectivity index (χ2v) is 11.5. The Labute approximate surface area is 274 Å². The lowest BCUT2D eigenvalue weighted by Crippen LogP contribution is -2.65. The predicted octanol–water partition coefficient (Wildman–Crippen LogP) is 5.99. The lowest BCUT2D eigenvalue weighted by Gasteiger charge is -2.53. The number of para-hydroxylation sites is 1. The van der Waals surface area contributed by atoms with E-state index >= 15 is 4.79 Å². The summed E-state index contributed by atoms with van der Waals surface area (Å²) in [5, 5.41) is 10.9. The molecule has 5 rings (SSSR count). The van der Waals surface area contributed by atoms with Crippen LogP contribution in [0.5, 0.6) is 23.0 Å². The number of piperidine rings is 1. The molecular weight excluding hydrogens is 601 g/mol. The summed E-state index contributed by atoms with van der Waals surface area (Å²) in [6, 6.07) is 25.1. The maximum atomic E-state index is 15.5. The van der Waals surface area contributed by atoms with Crippen molar-refractivity contribution in [2.75, 3.05) is 48.1 Å². The van der Waals surface area contributed by atoms with Gasteiger partial charge in [-0.15, -0.1) is 0 Å². The minimum Gasteiger partial charge on any atom is -0.497 e. The van der Waals surface area contributed by atoms with E-state index in [2.05, 4.69) is 0 Å². The molecule has 0 saturated carbocycles. The second kappa shape index (κ2) is 14.8. The quantitative estimate of drug-likeness (QED) is 0.178. The molecule has 1 fully saturated rings. The number of hydrogen-bond donors (Lipinski definition) is 1. The zero-order chi connectivity index (χ0) is 33.6. The van der Waals surface area contributed by atoms with Gasteiger partial charge in [-0.3, -0.25) is 14.5 Å². The van der Waals surface area contributed by atoms with Crippen LogP contribution in [0.15, 0.2) is 91.0 Å². The fraction of sp³-hybridized carbons (Fsp3) is 0.316. The molecule has 1 aliphatic heterocycles. The normalized spacial score (nSPS) is 19.5. The predicted molar refractivity (Wildman–Crippen MR) is 176 cm³/mol. The Balaban J connectivity index is 1.81. The van der Waals surface area contributed by atoms with Crippen molar-refractivity contribution in [2.24, 2.45) is 11.8 Å². The number of ketones is 2. The van der Waals surface area contributed by atoms with Gasteiger partial charge in [0.1, 0.15) is 22.9 Å². The maximum Gasteiger partial charge on any atom is 0.188 e. The van der Waals surface area contributed by atoms with Crippen LogP contribution in [0.1, 0.15) is 38.3 Å². The molecule has 4 aromatic rings. The van der Waals surface area contributed by atoms with Crippen LogP contribution in [0.25, 0.3) is 0 Å². The van der Waals surface area contributed by atoms with Crippen LogP contribution in [0.3, 0.4) is 0 Å². The second-order valence-electron chi connectivity index (χ2n) is 11.5. The summed E-state index contributed by atoms with van der Waals surface area (Å²) >= 11 is 0. The number of likely N-dealkylation sites (tertiary alicyclic amines) is 1. The van der Waals surface area contributed by atoms with Gasteiger partial charge in [0.15, 0.2) is 23.1 Å². The van der Waals surface area contributed by atoms with Gasteiger partial charge in [0.05, 0.1) is 34.4 Å². The van der Waals surface area contributed by atoms with Gasteiger partial charge >= 0.3 is 0 Å². The van der Waals surface area contributed by atoms with Crippen molar-refractivity contribution in [1.82, 2.24) is 4.90 Å². The largest absolute Gasteiger partial charge is 0.497 e. The van der Waals surface area contributed by atoms with Crippen LogP contribution >= 0.6 is 0 Å². The number of carbonyl (C=O) groups excluding carboxylic acids is 2. The van der Waals surface area contributed by atoms with Gasteiger partial charge in [-0.1, -0.05) is 24.3 Å². The molecular formula is C38H40FNO7. The molecule has 0 radical (unpaired) electrons. The van der Waals surface area contributed by atoms with E-state index in [1.165, 1.54) is 26.4 Å². The van der Waals surface area contributed by atoms with Crippen LogP contribution in [-0.2, 0) is 12.0 Å². The third kappa shape index (κ3) is 6.46. The highest BCUT2D eigenvalue weighted by atomic mass is 19.1. The fourth-order valence-electron chi connectivity index (χ4n) is 6.84. The molecule has 0 aliphatic carbocycles. The molecule has 0 amide bonds. The van der Waals surface area contributed by atoms with E-state index in [4.69, 9.17) is 18.9 Å². The van der Waals surface area contributed by atoms with Gasteiger partial charge in [0.2, 0.25) is 0 Å². The minimum absolute atomic E-state index is 0.301. The van der Waals surface area contributed by atoms with E-state index in [1.54, 1.807) is 93.1 Å². The Hall–Kier alpha value is -4.73. The molecule has 246 valence electrons. The van der Waals surface area contributed by atoms with Crippen molar-refractivity contribution in [3.8, 4) is 23.0 Å². The van der Waals surface area contributed by atoms with Crippen molar-refractivity contribution in [3.05, 3.63) is 119 Å². The van der Waals surface area contributed by atoms with E-state index in [9.17, 15) is 14.3 Å². The third-order valence-corrected chi connectivity index (χ3v) is 9.18. The highest BCUT2D eigenvalue weighted by molar-refractivity contribution is 6.10. The average molecular weight is 642 g/mol. The van der Waals surface area contributed by atoms with E-state index in [1.807, 2.05) is 4.90 Å². The van der Waals surface area contributed by atoms with Crippen LogP contribution < -0.4 is 18.9 Å². The number of nitrogens with zero attached hydrogens (tertiary/aromatic N) is 1. The molecule has 1 aliphatic rings. The van der Waals surface area contributed by atoms with Crippen molar-refractivity contribution < 1.29 is 38.0 Å². The first kappa shape index (κ1) is 33.6. The molecule has 3 atom stereocenters. The molecule has 1 saturated heterocycles. The first-order chi connectivity index (χ1) is 22.8. The summed E-state index contributed by atoms with van der Waals surface area (Å²) in [5.41, 5.74) is 0.398. The first-order valence-electron chi connectivity index (χ1n) is 15.5. The molecule has 47 heavy (non-hydrogen) atoms. The molecule has 8 nitrogen and oxygen atoms in total. The highest BCUT2D eigenvalue weighted by Crippen LogP contribution is 2.52. The Bertz CT molecular complexity index is 1670. The summed E-state index contributed by atoms with van der Waals surface area (Å²) in [7, 11) is 6.12. The van der Waals surface area contributed by atoms with Crippen LogP contribution in [-0.4, -0.2) is 69.7 Å². The van der Waals surface area contributed by atoms with Crippen molar-refractivity contribution in [3.63, 3.8) is 0 Å². The molecule has 1 heterocycles. The Morgan fingerprint density at radius 3 is 1.98 bits per heavy atom. The molecule has 0 spiro atoms. The monoisotopic (exact) mass is 641 g/mol. The molecule has 0 bridgehead atoms. The number of halogens is 1. The Morgan fingerprint density at radius 1 is 0.809 bits per heavy atom. The number of methoxy groups -OCH3 is 4. The van der Waals surface area contributed by atoms with E-state index in [-0.39, 0.29) is 24.0 Å².